The first-order valence-corrected chi connectivity index (χ1v) is 7.00. The number of rotatable bonds is 5. The van der Waals surface area contributed by atoms with E-state index in [-0.39, 0.29) is 11.9 Å². The Hall–Kier alpha value is -2.04. The molecule has 0 bridgehead atoms. The normalized spacial score (nSPS) is 13.9. The van der Waals surface area contributed by atoms with E-state index < -0.39 is 0 Å². The zero-order chi connectivity index (χ0) is 14.5. The van der Waals surface area contributed by atoms with Crippen molar-refractivity contribution in [2.45, 2.75) is 32.7 Å². The Balaban J connectivity index is 1.85. The monoisotopic (exact) mass is 275 g/mol. The summed E-state index contributed by atoms with van der Waals surface area (Å²) < 4.78 is 0. The second kappa shape index (κ2) is 6.41. The van der Waals surface area contributed by atoms with Crippen LogP contribution in [0.2, 0.25) is 0 Å². The SMILES string of the molecule is CC(C)CNC(=O)c1ccc(NC(=O)NC2CC2)cc1. The van der Waals surface area contributed by atoms with Crippen LogP contribution >= 0.6 is 0 Å². The Morgan fingerprint density at radius 3 is 2.40 bits per heavy atom. The summed E-state index contributed by atoms with van der Waals surface area (Å²) in [7, 11) is 0. The average molecular weight is 275 g/mol. The number of benzene rings is 1. The lowest BCUT2D eigenvalue weighted by Gasteiger charge is -2.09. The van der Waals surface area contributed by atoms with Crippen molar-refractivity contribution in [2.24, 2.45) is 5.92 Å². The molecule has 1 aliphatic rings. The molecule has 20 heavy (non-hydrogen) atoms. The van der Waals surface area contributed by atoms with Gasteiger partial charge in [-0.1, -0.05) is 13.8 Å². The third kappa shape index (κ3) is 4.57. The predicted octanol–water partition coefficient (Wildman–Crippen LogP) is 2.36. The maximum atomic E-state index is 11.8. The summed E-state index contributed by atoms with van der Waals surface area (Å²) in [6, 6.07) is 7.03. The smallest absolute Gasteiger partial charge is 0.319 e. The van der Waals surface area contributed by atoms with Crippen LogP contribution in [-0.4, -0.2) is 24.5 Å². The first-order chi connectivity index (χ1) is 9.54. The molecule has 0 heterocycles. The standard InChI is InChI=1S/C15H21N3O2/c1-10(2)9-16-14(19)11-3-5-12(6-4-11)17-15(20)18-13-7-8-13/h3-6,10,13H,7-9H2,1-2H3,(H,16,19)(H2,17,18,20). The van der Waals surface area contributed by atoms with Crippen LogP contribution in [0.5, 0.6) is 0 Å². The Labute approximate surface area is 119 Å². The first kappa shape index (κ1) is 14.4. The molecule has 0 atom stereocenters. The van der Waals surface area contributed by atoms with E-state index in [4.69, 9.17) is 0 Å². The van der Waals surface area contributed by atoms with Gasteiger partial charge < -0.3 is 16.0 Å². The number of anilines is 1. The second-order valence-electron chi connectivity index (χ2n) is 5.55. The number of carbonyl (C=O) groups excluding carboxylic acids is 2. The molecule has 5 nitrogen and oxygen atoms in total. The van der Waals surface area contributed by atoms with Crippen LogP contribution in [0.25, 0.3) is 0 Å². The highest BCUT2D eigenvalue weighted by Crippen LogP contribution is 2.19. The van der Waals surface area contributed by atoms with Crippen molar-refractivity contribution in [1.82, 2.24) is 10.6 Å². The van der Waals surface area contributed by atoms with Crippen LogP contribution in [-0.2, 0) is 0 Å². The van der Waals surface area contributed by atoms with Gasteiger partial charge in [0.05, 0.1) is 0 Å². The lowest BCUT2D eigenvalue weighted by Crippen LogP contribution is -2.30. The Kier molecular flexibility index (Phi) is 4.61. The molecular weight excluding hydrogens is 254 g/mol. The molecule has 1 saturated carbocycles. The molecule has 108 valence electrons. The van der Waals surface area contributed by atoms with Gasteiger partial charge in [0.15, 0.2) is 0 Å². The minimum atomic E-state index is -0.190. The van der Waals surface area contributed by atoms with Crippen molar-refractivity contribution in [3.8, 4) is 0 Å². The van der Waals surface area contributed by atoms with Gasteiger partial charge in [-0.3, -0.25) is 4.79 Å². The maximum Gasteiger partial charge on any atom is 0.319 e. The van der Waals surface area contributed by atoms with Crippen molar-refractivity contribution in [3.63, 3.8) is 0 Å². The fourth-order valence-corrected chi connectivity index (χ4v) is 1.68. The molecule has 0 unspecified atom stereocenters. The lowest BCUT2D eigenvalue weighted by atomic mass is 10.1. The Bertz CT molecular complexity index is 478. The van der Waals surface area contributed by atoms with E-state index in [1.54, 1.807) is 24.3 Å². The topological polar surface area (TPSA) is 70.2 Å². The summed E-state index contributed by atoms with van der Waals surface area (Å²) >= 11 is 0. The highest BCUT2D eigenvalue weighted by Gasteiger charge is 2.23. The highest BCUT2D eigenvalue weighted by atomic mass is 16.2. The fraction of sp³-hybridized carbons (Fsp3) is 0.467. The van der Waals surface area contributed by atoms with Gasteiger partial charge in [0, 0.05) is 23.8 Å². The molecule has 0 saturated heterocycles. The molecule has 0 radical (unpaired) electrons. The van der Waals surface area contributed by atoms with Crippen LogP contribution in [0.3, 0.4) is 0 Å². The number of hydrogen-bond donors (Lipinski definition) is 3. The minimum Gasteiger partial charge on any atom is -0.352 e. The second-order valence-corrected chi connectivity index (χ2v) is 5.55. The Morgan fingerprint density at radius 2 is 1.85 bits per heavy atom. The predicted molar refractivity (Wildman–Crippen MR) is 78.8 cm³/mol. The number of urea groups is 1. The molecule has 2 rings (SSSR count). The van der Waals surface area contributed by atoms with E-state index >= 15 is 0 Å². The number of amides is 3. The van der Waals surface area contributed by atoms with E-state index in [1.165, 1.54) is 0 Å². The molecule has 0 aliphatic heterocycles. The maximum absolute atomic E-state index is 11.8. The summed E-state index contributed by atoms with van der Waals surface area (Å²) in [4.78, 5) is 23.4. The van der Waals surface area contributed by atoms with Crippen LogP contribution in [0, 0.1) is 5.92 Å². The van der Waals surface area contributed by atoms with Crippen molar-refractivity contribution in [1.29, 1.82) is 0 Å². The van der Waals surface area contributed by atoms with Crippen LogP contribution in [0.1, 0.15) is 37.0 Å². The van der Waals surface area contributed by atoms with Gasteiger partial charge in [-0.25, -0.2) is 4.79 Å². The van der Waals surface area contributed by atoms with Gasteiger partial charge in [0.1, 0.15) is 0 Å². The number of nitrogens with one attached hydrogen (secondary N) is 3. The fourth-order valence-electron chi connectivity index (χ4n) is 1.68. The molecule has 1 aromatic rings. The minimum absolute atomic E-state index is 0.0901. The summed E-state index contributed by atoms with van der Waals surface area (Å²) in [5.41, 5.74) is 1.28. The molecule has 5 heteroatoms. The van der Waals surface area contributed by atoms with Crippen molar-refractivity contribution in [2.75, 3.05) is 11.9 Å². The zero-order valence-electron chi connectivity index (χ0n) is 11.9. The number of hydrogen-bond acceptors (Lipinski definition) is 2. The summed E-state index contributed by atoms with van der Waals surface area (Å²) in [5, 5.41) is 8.45. The molecule has 3 N–H and O–H groups in total. The largest absolute Gasteiger partial charge is 0.352 e. The van der Waals surface area contributed by atoms with Gasteiger partial charge in [0.2, 0.25) is 0 Å². The molecule has 3 amide bonds. The average Bonchev–Trinajstić information content (AvgIpc) is 3.20. The summed E-state index contributed by atoms with van der Waals surface area (Å²) in [6.07, 6.45) is 2.12. The van der Waals surface area contributed by atoms with Crippen LogP contribution in [0.4, 0.5) is 10.5 Å². The first-order valence-electron chi connectivity index (χ1n) is 7.00. The third-order valence-electron chi connectivity index (χ3n) is 2.99. The Morgan fingerprint density at radius 1 is 1.20 bits per heavy atom. The molecule has 0 aromatic heterocycles. The summed E-state index contributed by atoms with van der Waals surface area (Å²) in [6.45, 7) is 4.75. The molecule has 0 spiro atoms. The number of carbonyl (C=O) groups is 2. The van der Waals surface area contributed by atoms with E-state index in [2.05, 4.69) is 16.0 Å². The highest BCUT2D eigenvalue weighted by molar-refractivity contribution is 5.95. The van der Waals surface area contributed by atoms with E-state index in [9.17, 15) is 9.59 Å². The third-order valence-corrected chi connectivity index (χ3v) is 2.99. The van der Waals surface area contributed by atoms with Gasteiger partial charge in [0.25, 0.3) is 5.91 Å². The van der Waals surface area contributed by atoms with Gasteiger partial charge >= 0.3 is 6.03 Å². The van der Waals surface area contributed by atoms with Crippen molar-refractivity contribution >= 4 is 17.6 Å². The molecule has 1 aliphatic carbocycles. The summed E-state index contributed by atoms with van der Waals surface area (Å²) in [5.74, 6) is 0.332. The molecule has 1 fully saturated rings. The quantitative estimate of drug-likeness (QED) is 0.772. The van der Waals surface area contributed by atoms with Gasteiger partial charge in [-0.05, 0) is 43.0 Å². The van der Waals surface area contributed by atoms with E-state index in [0.717, 1.165) is 12.8 Å². The van der Waals surface area contributed by atoms with E-state index in [1.807, 2.05) is 13.8 Å². The van der Waals surface area contributed by atoms with Crippen LogP contribution in [0.15, 0.2) is 24.3 Å². The van der Waals surface area contributed by atoms with Gasteiger partial charge in [-0.15, -0.1) is 0 Å². The zero-order valence-corrected chi connectivity index (χ0v) is 11.9. The van der Waals surface area contributed by atoms with Crippen molar-refractivity contribution in [3.05, 3.63) is 29.8 Å². The van der Waals surface area contributed by atoms with Crippen molar-refractivity contribution < 1.29 is 9.59 Å². The lowest BCUT2D eigenvalue weighted by molar-refractivity contribution is 0.0949. The molecule has 1 aromatic carbocycles. The van der Waals surface area contributed by atoms with Gasteiger partial charge in [-0.2, -0.15) is 0 Å². The van der Waals surface area contributed by atoms with Crippen LogP contribution < -0.4 is 16.0 Å². The molecular formula is C15H21N3O2. The van der Waals surface area contributed by atoms with E-state index in [0.29, 0.717) is 29.8 Å².